The fourth-order valence-corrected chi connectivity index (χ4v) is 1.55. The van der Waals surface area contributed by atoms with Crippen LogP contribution in [-0.2, 0) is 9.53 Å². The summed E-state index contributed by atoms with van der Waals surface area (Å²) < 4.78 is 5.07. The second kappa shape index (κ2) is 9.97. The molecule has 0 aliphatic heterocycles. The van der Waals surface area contributed by atoms with E-state index in [1.807, 2.05) is 6.92 Å². The molecule has 0 saturated carbocycles. The van der Waals surface area contributed by atoms with Crippen LogP contribution in [0.15, 0.2) is 0 Å². The Labute approximate surface area is 93.6 Å². The zero-order valence-electron chi connectivity index (χ0n) is 10.3. The Morgan fingerprint density at radius 1 is 1.20 bits per heavy atom. The molecule has 0 saturated heterocycles. The Kier molecular flexibility index (Phi) is 9.59. The molecule has 0 aromatic carbocycles. The van der Waals surface area contributed by atoms with E-state index in [9.17, 15) is 4.79 Å². The SMILES string of the molecule is CCCCC(CCC)NC(=O)COCC. The zero-order valence-corrected chi connectivity index (χ0v) is 10.3. The number of amides is 1. The summed E-state index contributed by atoms with van der Waals surface area (Å²) in [5.74, 6) is 0.0198. The molecule has 0 bridgehead atoms. The minimum atomic E-state index is 0.0198. The molecule has 0 aromatic rings. The summed E-state index contributed by atoms with van der Waals surface area (Å²) >= 11 is 0. The highest BCUT2D eigenvalue weighted by Crippen LogP contribution is 2.06. The van der Waals surface area contributed by atoms with Crippen LogP contribution in [0.3, 0.4) is 0 Å². The molecule has 0 radical (unpaired) electrons. The van der Waals surface area contributed by atoms with Crippen molar-refractivity contribution < 1.29 is 9.53 Å². The summed E-state index contributed by atoms with van der Waals surface area (Å²) in [4.78, 5) is 11.4. The van der Waals surface area contributed by atoms with Crippen molar-refractivity contribution in [1.82, 2.24) is 5.32 Å². The Hall–Kier alpha value is -0.570. The number of ether oxygens (including phenoxy) is 1. The van der Waals surface area contributed by atoms with Gasteiger partial charge in [-0.15, -0.1) is 0 Å². The number of nitrogens with one attached hydrogen (secondary N) is 1. The number of rotatable bonds is 9. The third-order valence-electron chi connectivity index (χ3n) is 2.35. The van der Waals surface area contributed by atoms with Gasteiger partial charge >= 0.3 is 0 Å². The third-order valence-corrected chi connectivity index (χ3v) is 2.35. The smallest absolute Gasteiger partial charge is 0.246 e. The fraction of sp³-hybridized carbons (Fsp3) is 0.917. The number of unbranched alkanes of at least 4 members (excludes halogenated alkanes) is 1. The molecule has 0 heterocycles. The van der Waals surface area contributed by atoms with Gasteiger partial charge in [-0.2, -0.15) is 0 Å². The van der Waals surface area contributed by atoms with E-state index >= 15 is 0 Å². The second-order valence-corrected chi connectivity index (χ2v) is 3.83. The molecule has 0 aliphatic carbocycles. The van der Waals surface area contributed by atoms with Crippen molar-refractivity contribution in [2.45, 2.75) is 58.9 Å². The first kappa shape index (κ1) is 14.4. The zero-order chi connectivity index (χ0) is 11.5. The van der Waals surface area contributed by atoms with Crippen molar-refractivity contribution in [1.29, 1.82) is 0 Å². The van der Waals surface area contributed by atoms with Crippen molar-refractivity contribution in [2.24, 2.45) is 0 Å². The summed E-state index contributed by atoms with van der Waals surface area (Å²) in [6.07, 6.45) is 5.63. The molecule has 0 spiro atoms. The maximum Gasteiger partial charge on any atom is 0.246 e. The number of hydrogen-bond donors (Lipinski definition) is 1. The van der Waals surface area contributed by atoms with Gasteiger partial charge in [0.05, 0.1) is 0 Å². The molecule has 1 N–H and O–H groups in total. The first-order valence-corrected chi connectivity index (χ1v) is 6.11. The lowest BCUT2D eigenvalue weighted by Crippen LogP contribution is -2.37. The van der Waals surface area contributed by atoms with Crippen LogP contribution in [0.25, 0.3) is 0 Å². The predicted octanol–water partition coefficient (Wildman–Crippen LogP) is 2.50. The summed E-state index contributed by atoms with van der Waals surface area (Å²) in [6, 6.07) is 0.336. The van der Waals surface area contributed by atoms with Crippen LogP contribution in [0, 0.1) is 0 Å². The average molecular weight is 215 g/mol. The van der Waals surface area contributed by atoms with Gasteiger partial charge in [0, 0.05) is 12.6 Å². The van der Waals surface area contributed by atoms with Crippen LogP contribution >= 0.6 is 0 Å². The van der Waals surface area contributed by atoms with E-state index in [0.29, 0.717) is 12.6 Å². The normalized spacial score (nSPS) is 12.5. The number of carbonyl (C=O) groups is 1. The van der Waals surface area contributed by atoms with E-state index in [2.05, 4.69) is 19.2 Å². The van der Waals surface area contributed by atoms with E-state index in [0.717, 1.165) is 19.3 Å². The lowest BCUT2D eigenvalue weighted by molar-refractivity contribution is -0.126. The van der Waals surface area contributed by atoms with E-state index in [1.54, 1.807) is 0 Å². The first-order valence-electron chi connectivity index (χ1n) is 6.11. The summed E-state index contributed by atoms with van der Waals surface area (Å²) in [5.41, 5.74) is 0. The van der Waals surface area contributed by atoms with Gasteiger partial charge in [0.2, 0.25) is 5.91 Å². The van der Waals surface area contributed by atoms with E-state index in [1.165, 1.54) is 12.8 Å². The maximum atomic E-state index is 11.4. The van der Waals surface area contributed by atoms with Crippen LogP contribution in [0.2, 0.25) is 0 Å². The third kappa shape index (κ3) is 8.43. The van der Waals surface area contributed by atoms with Gasteiger partial charge in [-0.3, -0.25) is 4.79 Å². The topological polar surface area (TPSA) is 38.3 Å². The van der Waals surface area contributed by atoms with E-state index in [-0.39, 0.29) is 12.5 Å². The quantitative estimate of drug-likeness (QED) is 0.641. The average Bonchev–Trinajstić information content (AvgIpc) is 2.23. The van der Waals surface area contributed by atoms with Crippen molar-refractivity contribution in [3.8, 4) is 0 Å². The molecule has 3 nitrogen and oxygen atoms in total. The highest BCUT2D eigenvalue weighted by Gasteiger charge is 2.10. The molecule has 15 heavy (non-hydrogen) atoms. The predicted molar refractivity (Wildman–Crippen MR) is 62.9 cm³/mol. The first-order chi connectivity index (χ1) is 7.24. The molecule has 90 valence electrons. The number of hydrogen-bond acceptors (Lipinski definition) is 2. The van der Waals surface area contributed by atoms with Gasteiger partial charge in [0.1, 0.15) is 6.61 Å². The lowest BCUT2D eigenvalue weighted by atomic mass is 10.1. The second-order valence-electron chi connectivity index (χ2n) is 3.83. The Bertz CT molecular complexity index is 160. The molecule has 1 unspecified atom stereocenters. The van der Waals surface area contributed by atoms with Crippen molar-refractivity contribution in [3.63, 3.8) is 0 Å². The molecule has 3 heteroatoms. The monoisotopic (exact) mass is 215 g/mol. The fourth-order valence-electron chi connectivity index (χ4n) is 1.55. The van der Waals surface area contributed by atoms with Crippen molar-refractivity contribution in [3.05, 3.63) is 0 Å². The van der Waals surface area contributed by atoms with Crippen LogP contribution in [0.5, 0.6) is 0 Å². The van der Waals surface area contributed by atoms with Gasteiger partial charge in [-0.05, 0) is 19.8 Å². The Morgan fingerprint density at radius 2 is 1.93 bits per heavy atom. The Morgan fingerprint density at radius 3 is 2.47 bits per heavy atom. The molecule has 0 aliphatic rings. The Balaban J connectivity index is 3.76. The van der Waals surface area contributed by atoms with Crippen LogP contribution in [0.4, 0.5) is 0 Å². The van der Waals surface area contributed by atoms with Gasteiger partial charge in [-0.1, -0.05) is 33.1 Å². The molecule has 1 atom stereocenters. The van der Waals surface area contributed by atoms with Crippen LogP contribution in [-0.4, -0.2) is 25.2 Å². The summed E-state index contributed by atoms with van der Waals surface area (Å²) in [6.45, 7) is 7.01. The maximum absolute atomic E-state index is 11.4. The highest BCUT2D eigenvalue weighted by atomic mass is 16.5. The van der Waals surface area contributed by atoms with E-state index in [4.69, 9.17) is 4.74 Å². The van der Waals surface area contributed by atoms with Crippen molar-refractivity contribution in [2.75, 3.05) is 13.2 Å². The molecule has 1 amide bonds. The highest BCUT2D eigenvalue weighted by molar-refractivity contribution is 5.77. The largest absolute Gasteiger partial charge is 0.372 e. The minimum absolute atomic E-state index is 0.0198. The molecular weight excluding hydrogens is 190 g/mol. The molecule has 0 aromatic heterocycles. The molecule has 0 rings (SSSR count). The molecule has 0 fully saturated rings. The summed E-state index contributed by atoms with van der Waals surface area (Å²) in [5, 5.41) is 3.02. The van der Waals surface area contributed by atoms with Gasteiger partial charge in [0.15, 0.2) is 0 Å². The van der Waals surface area contributed by atoms with E-state index < -0.39 is 0 Å². The molecular formula is C12H25NO2. The van der Waals surface area contributed by atoms with Crippen LogP contribution in [0.1, 0.15) is 52.9 Å². The van der Waals surface area contributed by atoms with Gasteiger partial charge in [-0.25, -0.2) is 0 Å². The van der Waals surface area contributed by atoms with Gasteiger partial charge < -0.3 is 10.1 Å². The van der Waals surface area contributed by atoms with Gasteiger partial charge in [0.25, 0.3) is 0 Å². The standard InChI is InChI=1S/C12H25NO2/c1-4-7-9-11(8-5-2)13-12(14)10-15-6-3/h11H,4-10H2,1-3H3,(H,13,14). The van der Waals surface area contributed by atoms with Crippen molar-refractivity contribution >= 4 is 5.91 Å². The summed E-state index contributed by atoms with van der Waals surface area (Å²) in [7, 11) is 0. The number of carbonyl (C=O) groups excluding carboxylic acids is 1. The lowest BCUT2D eigenvalue weighted by Gasteiger charge is -2.17. The minimum Gasteiger partial charge on any atom is -0.372 e. The van der Waals surface area contributed by atoms with Crippen LogP contribution < -0.4 is 5.32 Å².